The smallest absolute Gasteiger partial charge is 0.209 e. The van der Waals surface area contributed by atoms with Crippen LogP contribution in [0, 0.1) is 0 Å². The molecule has 0 amide bonds. The first-order valence-corrected chi connectivity index (χ1v) is 6.02. The molecule has 0 aliphatic carbocycles. The van der Waals surface area contributed by atoms with E-state index in [2.05, 4.69) is 4.72 Å². The van der Waals surface area contributed by atoms with E-state index in [0.717, 1.165) is 11.8 Å². The molecule has 0 atom stereocenters. The summed E-state index contributed by atoms with van der Waals surface area (Å²) >= 11 is 1.40. The highest BCUT2D eigenvalue weighted by Crippen LogP contribution is 2.15. The normalized spacial score (nSPS) is 11.8. The van der Waals surface area contributed by atoms with Crippen molar-refractivity contribution in [1.82, 2.24) is 4.72 Å². The summed E-state index contributed by atoms with van der Waals surface area (Å²) in [5.74, 6) is 0. The van der Waals surface area contributed by atoms with Crippen molar-refractivity contribution in [2.45, 2.75) is 6.54 Å². The number of anilines is 1. The highest BCUT2D eigenvalue weighted by atomic mass is 32.2. The largest absolute Gasteiger partial charge is 0.391 e. The second kappa shape index (κ2) is 3.42. The van der Waals surface area contributed by atoms with E-state index in [1.54, 1.807) is 6.07 Å². The molecular weight excluding hydrogens is 196 g/mol. The third-order valence-corrected chi connectivity index (χ3v) is 2.69. The first kappa shape index (κ1) is 9.50. The van der Waals surface area contributed by atoms with Crippen LogP contribution in [0.3, 0.4) is 0 Å². The Morgan fingerprint density at radius 2 is 2.33 bits per heavy atom. The lowest BCUT2D eigenvalue weighted by molar-refractivity contribution is 0.587. The Labute approximate surface area is 75.5 Å². The van der Waals surface area contributed by atoms with Gasteiger partial charge in [-0.15, -0.1) is 11.3 Å². The maximum Gasteiger partial charge on any atom is 0.209 e. The summed E-state index contributed by atoms with van der Waals surface area (Å²) in [7, 11) is -3.10. The molecule has 0 aliphatic rings. The third kappa shape index (κ3) is 3.21. The van der Waals surface area contributed by atoms with Crippen LogP contribution in [0.1, 0.15) is 5.56 Å². The molecule has 0 radical (unpaired) electrons. The summed E-state index contributed by atoms with van der Waals surface area (Å²) in [5.41, 5.74) is 6.35. The zero-order chi connectivity index (χ0) is 9.19. The standard InChI is InChI=1S/C6H10N2O2S2/c1-12(9,10)8-3-5-2-6(7)11-4-5/h2,4,8H,3,7H2,1H3. The molecule has 6 heteroatoms. The fourth-order valence-electron chi connectivity index (χ4n) is 0.702. The number of hydrogen-bond acceptors (Lipinski definition) is 4. The molecule has 1 aromatic heterocycles. The van der Waals surface area contributed by atoms with Gasteiger partial charge in [0.25, 0.3) is 0 Å². The van der Waals surface area contributed by atoms with Gasteiger partial charge in [-0.1, -0.05) is 0 Å². The molecule has 0 saturated heterocycles. The van der Waals surface area contributed by atoms with Gasteiger partial charge in [-0.25, -0.2) is 13.1 Å². The summed E-state index contributed by atoms with van der Waals surface area (Å²) in [4.78, 5) is 0. The molecule has 0 saturated carbocycles. The number of nitrogen functional groups attached to an aromatic ring is 1. The van der Waals surface area contributed by atoms with Crippen molar-refractivity contribution in [3.8, 4) is 0 Å². The van der Waals surface area contributed by atoms with E-state index in [1.165, 1.54) is 11.3 Å². The van der Waals surface area contributed by atoms with Crippen molar-refractivity contribution in [1.29, 1.82) is 0 Å². The molecule has 1 rings (SSSR count). The Balaban J connectivity index is 2.55. The fourth-order valence-corrected chi connectivity index (χ4v) is 1.79. The lowest BCUT2D eigenvalue weighted by atomic mass is 10.3. The minimum Gasteiger partial charge on any atom is -0.391 e. The molecule has 1 heterocycles. The molecule has 0 bridgehead atoms. The lowest BCUT2D eigenvalue weighted by Crippen LogP contribution is -2.20. The molecule has 4 nitrogen and oxygen atoms in total. The quantitative estimate of drug-likeness (QED) is 0.751. The summed E-state index contributed by atoms with van der Waals surface area (Å²) in [6.07, 6.45) is 1.13. The first-order chi connectivity index (χ1) is 5.47. The maximum absolute atomic E-state index is 10.7. The van der Waals surface area contributed by atoms with Gasteiger partial charge in [-0.2, -0.15) is 0 Å². The van der Waals surface area contributed by atoms with E-state index < -0.39 is 10.0 Å². The maximum atomic E-state index is 10.7. The van der Waals surface area contributed by atoms with Crippen LogP contribution in [0.4, 0.5) is 5.00 Å². The van der Waals surface area contributed by atoms with E-state index in [4.69, 9.17) is 5.73 Å². The number of thiophene rings is 1. The van der Waals surface area contributed by atoms with Gasteiger partial charge in [0.1, 0.15) is 0 Å². The predicted molar refractivity (Wildman–Crippen MR) is 50.4 cm³/mol. The fraction of sp³-hybridized carbons (Fsp3) is 0.333. The van der Waals surface area contributed by atoms with Crippen molar-refractivity contribution in [2.75, 3.05) is 12.0 Å². The summed E-state index contributed by atoms with van der Waals surface area (Å²) in [6, 6.07) is 1.75. The topological polar surface area (TPSA) is 72.2 Å². The van der Waals surface area contributed by atoms with Crippen LogP contribution in [0.5, 0.6) is 0 Å². The lowest BCUT2D eigenvalue weighted by Gasteiger charge is -1.97. The van der Waals surface area contributed by atoms with Gasteiger partial charge >= 0.3 is 0 Å². The zero-order valence-corrected chi connectivity index (χ0v) is 8.21. The minimum absolute atomic E-state index is 0.312. The van der Waals surface area contributed by atoms with E-state index in [9.17, 15) is 8.42 Å². The molecule has 0 aliphatic heterocycles. The van der Waals surface area contributed by atoms with Crippen LogP contribution in [0.25, 0.3) is 0 Å². The number of rotatable bonds is 3. The van der Waals surface area contributed by atoms with Gasteiger partial charge in [-0.05, 0) is 17.0 Å². The Morgan fingerprint density at radius 1 is 1.67 bits per heavy atom. The van der Waals surface area contributed by atoms with Crippen LogP contribution in [0.2, 0.25) is 0 Å². The van der Waals surface area contributed by atoms with Crippen LogP contribution >= 0.6 is 11.3 Å². The van der Waals surface area contributed by atoms with Crippen LogP contribution in [-0.4, -0.2) is 14.7 Å². The molecular formula is C6H10N2O2S2. The zero-order valence-electron chi connectivity index (χ0n) is 6.57. The number of sulfonamides is 1. The highest BCUT2D eigenvalue weighted by molar-refractivity contribution is 7.88. The molecule has 1 aromatic rings. The average Bonchev–Trinajstić information content (AvgIpc) is 2.30. The van der Waals surface area contributed by atoms with Gasteiger partial charge in [0.2, 0.25) is 10.0 Å². The number of nitrogens with two attached hydrogens (primary N) is 1. The van der Waals surface area contributed by atoms with E-state index in [0.29, 0.717) is 11.5 Å². The average molecular weight is 206 g/mol. The molecule has 3 N–H and O–H groups in total. The second-order valence-corrected chi connectivity index (χ2v) is 5.23. The van der Waals surface area contributed by atoms with Crippen molar-refractivity contribution in [2.24, 2.45) is 0 Å². The Kier molecular flexibility index (Phi) is 2.71. The number of nitrogens with one attached hydrogen (secondary N) is 1. The van der Waals surface area contributed by atoms with E-state index >= 15 is 0 Å². The second-order valence-electron chi connectivity index (χ2n) is 2.45. The van der Waals surface area contributed by atoms with Crippen molar-refractivity contribution < 1.29 is 8.42 Å². The van der Waals surface area contributed by atoms with Crippen molar-refractivity contribution in [3.05, 3.63) is 17.0 Å². The summed E-state index contributed by atoms with van der Waals surface area (Å²) in [5, 5.41) is 2.52. The molecule has 12 heavy (non-hydrogen) atoms. The van der Waals surface area contributed by atoms with Crippen molar-refractivity contribution >= 4 is 26.4 Å². The molecule has 68 valence electrons. The Hall–Kier alpha value is -0.590. The Morgan fingerprint density at radius 3 is 2.75 bits per heavy atom. The Bertz CT molecular complexity index is 355. The molecule has 0 spiro atoms. The summed E-state index contributed by atoms with van der Waals surface area (Å²) < 4.78 is 23.7. The van der Waals surface area contributed by atoms with Gasteiger partial charge in [-0.3, -0.25) is 0 Å². The van der Waals surface area contributed by atoms with Crippen LogP contribution in [0.15, 0.2) is 11.4 Å². The van der Waals surface area contributed by atoms with Gasteiger partial charge in [0, 0.05) is 6.54 Å². The van der Waals surface area contributed by atoms with E-state index in [-0.39, 0.29) is 0 Å². The molecule has 0 unspecified atom stereocenters. The van der Waals surface area contributed by atoms with Crippen molar-refractivity contribution in [3.63, 3.8) is 0 Å². The minimum atomic E-state index is -3.10. The van der Waals surface area contributed by atoms with Gasteiger partial charge in [0.15, 0.2) is 0 Å². The highest BCUT2D eigenvalue weighted by Gasteiger charge is 2.01. The SMILES string of the molecule is CS(=O)(=O)NCc1csc(N)c1. The van der Waals surface area contributed by atoms with Gasteiger partial charge < -0.3 is 5.73 Å². The van der Waals surface area contributed by atoms with E-state index in [1.807, 2.05) is 5.38 Å². The van der Waals surface area contributed by atoms with Gasteiger partial charge in [0.05, 0.1) is 11.3 Å². The predicted octanol–water partition coefficient (Wildman–Crippen LogP) is 0.379. The number of hydrogen-bond donors (Lipinski definition) is 2. The molecule has 0 fully saturated rings. The summed E-state index contributed by atoms with van der Waals surface area (Å²) in [6.45, 7) is 0.312. The monoisotopic (exact) mass is 206 g/mol. The third-order valence-electron chi connectivity index (χ3n) is 1.21. The molecule has 0 aromatic carbocycles. The first-order valence-electron chi connectivity index (χ1n) is 3.25. The van der Waals surface area contributed by atoms with Crippen LogP contribution in [-0.2, 0) is 16.6 Å². The van der Waals surface area contributed by atoms with Crippen LogP contribution < -0.4 is 10.5 Å².